The van der Waals surface area contributed by atoms with Gasteiger partial charge in [0.1, 0.15) is 6.04 Å². The van der Waals surface area contributed by atoms with Gasteiger partial charge in [0.25, 0.3) is 5.91 Å². The van der Waals surface area contributed by atoms with Crippen LogP contribution in [0, 0.1) is 6.92 Å². The summed E-state index contributed by atoms with van der Waals surface area (Å²) in [5.41, 5.74) is 2.11. The average Bonchev–Trinajstić information content (AvgIpc) is 2.77. The average molecular weight is 413 g/mol. The van der Waals surface area contributed by atoms with Crippen LogP contribution < -0.4 is 14.8 Å². The third kappa shape index (κ3) is 6.51. The molecule has 0 saturated heterocycles. The van der Waals surface area contributed by atoms with Gasteiger partial charge in [-0.3, -0.25) is 9.59 Å². The lowest BCUT2D eigenvalue weighted by Gasteiger charge is -2.30. The molecule has 6 nitrogen and oxygen atoms in total. The van der Waals surface area contributed by atoms with Crippen LogP contribution in [0.5, 0.6) is 11.5 Å². The first kappa shape index (κ1) is 23.3. The highest BCUT2D eigenvalue weighted by molar-refractivity contribution is 5.88. The smallest absolute Gasteiger partial charge is 0.261 e. The number of para-hydroxylation sites is 2. The van der Waals surface area contributed by atoms with Gasteiger partial charge in [-0.2, -0.15) is 0 Å². The number of carbonyl (C=O) groups is 2. The molecule has 2 aromatic rings. The van der Waals surface area contributed by atoms with Crippen LogP contribution in [0.1, 0.15) is 37.8 Å². The van der Waals surface area contributed by atoms with Crippen LogP contribution in [-0.2, 0) is 16.1 Å². The topological polar surface area (TPSA) is 67.9 Å². The number of rotatable bonds is 11. The first-order chi connectivity index (χ1) is 14.5. The van der Waals surface area contributed by atoms with Crippen molar-refractivity contribution < 1.29 is 19.1 Å². The lowest BCUT2D eigenvalue weighted by molar-refractivity contribution is -0.143. The molecular weight excluding hydrogens is 380 g/mol. The Hall–Kier alpha value is -3.02. The van der Waals surface area contributed by atoms with Gasteiger partial charge >= 0.3 is 0 Å². The van der Waals surface area contributed by atoms with Crippen molar-refractivity contribution in [1.29, 1.82) is 0 Å². The number of aryl methyl sites for hydroxylation is 1. The number of carbonyl (C=O) groups excluding carboxylic acids is 2. The molecule has 0 unspecified atom stereocenters. The summed E-state index contributed by atoms with van der Waals surface area (Å²) >= 11 is 0. The van der Waals surface area contributed by atoms with E-state index in [9.17, 15) is 9.59 Å². The number of nitrogens with zero attached hydrogens (tertiary/aromatic N) is 1. The fourth-order valence-electron chi connectivity index (χ4n) is 3.14. The van der Waals surface area contributed by atoms with E-state index in [1.807, 2.05) is 57.2 Å². The minimum absolute atomic E-state index is 0.142. The molecule has 2 rings (SSSR count). The van der Waals surface area contributed by atoms with Crippen LogP contribution in [0.25, 0.3) is 0 Å². The van der Waals surface area contributed by atoms with Crippen LogP contribution in [0.3, 0.4) is 0 Å². The third-order valence-electron chi connectivity index (χ3n) is 4.83. The summed E-state index contributed by atoms with van der Waals surface area (Å²) in [5, 5.41) is 2.91. The molecule has 1 N–H and O–H groups in total. The van der Waals surface area contributed by atoms with Gasteiger partial charge in [0, 0.05) is 13.1 Å². The van der Waals surface area contributed by atoms with Crippen LogP contribution in [0.15, 0.2) is 48.5 Å². The van der Waals surface area contributed by atoms with E-state index in [1.54, 1.807) is 24.1 Å². The van der Waals surface area contributed by atoms with Crippen molar-refractivity contribution in [1.82, 2.24) is 10.2 Å². The van der Waals surface area contributed by atoms with Crippen LogP contribution in [-0.4, -0.2) is 43.0 Å². The summed E-state index contributed by atoms with van der Waals surface area (Å²) < 4.78 is 11.0. The van der Waals surface area contributed by atoms with E-state index in [0.717, 1.165) is 17.5 Å². The van der Waals surface area contributed by atoms with Crippen molar-refractivity contribution in [2.75, 3.05) is 20.3 Å². The molecule has 0 aliphatic carbocycles. The molecule has 0 spiro atoms. The molecule has 0 bridgehead atoms. The van der Waals surface area contributed by atoms with Crippen molar-refractivity contribution in [3.63, 3.8) is 0 Å². The standard InChI is InChI=1S/C24H32N2O4/c1-5-15-25-24(28)20(6-2)26(16-19-13-11-18(3)12-14-19)23(27)17-30-22-10-8-7-9-21(22)29-4/h7-14,20H,5-6,15-17H2,1-4H3,(H,25,28)/t20-/m1/s1. The summed E-state index contributed by atoms with van der Waals surface area (Å²) in [6, 6.07) is 14.6. The second kappa shape index (κ2) is 11.9. The van der Waals surface area contributed by atoms with E-state index in [4.69, 9.17) is 9.47 Å². The van der Waals surface area contributed by atoms with Gasteiger partial charge in [0.2, 0.25) is 5.91 Å². The lowest BCUT2D eigenvalue weighted by atomic mass is 10.1. The highest BCUT2D eigenvalue weighted by atomic mass is 16.5. The van der Waals surface area contributed by atoms with Crippen molar-refractivity contribution in [2.24, 2.45) is 0 Å². The van der Waals surface area contributed by atoms with E-state index < -0.39 is 6.04 Å². The quantitative estimate of drug-likeness (QED) is 0.611. The number of nitrogens with one attached hydrogen (secondary N) is 1. The van der Waals surface area contributed by atoms with E-state index in [0.29, 0.717) is 31.0 Å². The fourth-order valence-corrected chi connectivity index (χ4v) is 3.14. The monoisotopic (exact) mass is 412 g/mol. The fraction of sp³-hybridized carbons (Fsp3) is 0.417. The molecule has 0 fully saturated rings. The number of benzene rings is 2. The Bertz CT molecular complexity index is 820. The maximum absolute atomic E-state index is 13.1. The summed E-state index contributed by atoms with van der Waals surface area (Å²) in [6.45, 7) is 6.67. The van der Waals surface area contributed by atoms with Crippen molar-refractivity contribution in [3.8, 4) is 11.5 Å². The van der Waals surface area contributed by atoms with Gasteiger partial charge in [-0.05, 0) is 37.5 Å². The van der Waals surface area contributed by atoms with Crippen molar-refractivity contribution in [3.05, 3.63) is 59.7 Å². The SMILES string of the molecule is CCCNC(=O)[C@@H](CC)N(Cc1ccc(C)cc1)C(=O)COc1ccccc1OC. The molecule has 162 valence electrons. The number of hydrogen-bond acceptors (Lipinski definition) is 4. The Morgan fingerprint density at radius 2 is 1.70 bits per heavy atom. The molecule has 0 heterocycles. The Morgan fingerprint density at radius 1 is 1.03 bits per heavy atom. The highest BCUT2D eigenvalue weighted by Crippen LogP contribution is 2.26. The normalized spacial score (nSPS) is 11.5. The maximum atomic E-state index is 13.1. The largest absolute Gasteiger partial charge is 0.493 e. The second-order valence-corrected chi connectivity index (χ2v) is 7.16. The van der Waals surface area contributed by atoms with Gasteiger partial charge in [0.05, 0.1) is 7.11 Å². The number of methoxy groups -OCH3 is 1. The van der Waals surface area contributed by atoms with Crippen LogP contribution >= 0.6 is 0 Å². The van der Waals surface area contributed by atoms with E-state index in [2.05, 4.69) is 5.32 Å². The Balaban J connectivity index is 2.20. The highest BCUT2D eigenvalue weighted by Gasteiger charge is 2.28. The molecule has 0 radical (unpaired) electrons. The van der Waals surface area contributed by atoms with Crippen LogP contribution in [0.4, 0.5) is 0 Å². The van der Waals surface area contributed by atoms with Gasteiger partial charge in [-0.15, -0.1) is 0 Å². The molecule has 6 heteroatoms. The van der Waals surface area contributed by atoms with Crippen molar-refractivity contribution >= 4 is 11.8 Å². The summed E-state index contributed by atoms with van der Waals surface area (Å²) in [5.74, 6) is 0.660. The first-order valence-electron chi connectivity index (χ1n) is 10.4. The lowest BCUT2D eigenvalue weighted by Crippen LogP contribution is -2.50. The summed E-state index contributed by atoms with van der Waals surface area (Å²) in [4.78, 5) is 27.5. The summed E-state index contributed by atoms with van der Waals surface area (Å²) in [7, 11) is 1.55. The molecule has 30 heavy (non-hydrogen) atoms. The number of ether oxygens (including phenoxy) is 2. The predicted octanol–water partition coefficient (Wildman–Crippen LogP) is 3.72. The molecule has 0 aliphatic heterocycles. The van der Waals surface area contributed by atoms with Gasteiger partial charge in [-0.25, -0.2) is 0 Å². The molecule has 0 aliphatic rings. The molecule has 1 atom stereocenters. The molecule has 0 saturated carbocycles. The molecule has 2 amide bonds. The van der Waals surface area contributed by atoms with E-state index >= 15 is 0 Å². The summed E-state index contributed by atoms with van der Waals surface area (Å²) in [6.07, 6.45) is 1.35. The Kier molecular flexibility index (Phi) is 9.19. The minimum atomic E-state index is -0.563. The zero-order valence-electron chi connectivity index (χ0n) is 18.3. The predicted molar refractivity (Wildman–Crippen MR) is 118 cm³/mol. The van der Waals surface area contributed by atoms with Gasteiger partial charge < -0.3 is 19.7 Å². The molecule has 0 aromatic heterocycles. The zero-order valence-corrected chi connectivity index (χ0v) is 18.3. The van der Waals surface area contributed by atoms with E-state index in [1.165, 1.54) is 0 Å². The first-order valence-corrected chi connectivity index (χ1v) is 10.4. The Labute approximate surface area is 179 Å². The second-order valence-electron chi connectivity index (χ2n) is 7.16. The minimum Gasteiger partial charge on any atom is -0.493 e. The molecule has 2 aromatic carbocycles. The molecular formula is C24H32N2O4. The van der Waals surface area contributed by atoms with E-state index in [-0.39, 0.29) is 18.4 Å². The number of hydrogen-bond donors (Lipinski definition) is 1. The maximum Gasteiger partial charge on any atom is 0.261 e. The van der Waals surface area contributed by atoms with Crippen LogP contribution in [0.2, 0.25) is 0 Å². The van der Waals surface area contributed by atoms with Gasteiger partial charge in [0.15, 0.2) is 18.1 Å². The third-order valence-corrected chi connectivity index (χ3v) is 4.83. The van der Waals surface area contributed by atoms with Gasteiger partial charge in [-0.1, -0.05) is 55.8 Å². The van der Waals surface area contributed by atoms with Crippen molar-refractivity contribution in [2.45, 2.75) is 46.2 Å². The number of amides is 2. The zero-order chi connectivity index (χ0) is 21.9. The Morgan fingerprint density at radius 3 is 2.30 bits per heavy atom.